The first-order valence-electron chi connectivity index (χ1n) is 8.85. The van der Waals surface area contributed by atoms with E-state index in [0.29, 0.717) is 25.2 Å². The average Bonchev–Trinajstić information content (AvgIpc) is 3.35. The molecule has 8 heteroatoms. The topological polar surface area (TPSA) is 66.5 Å². The maximum Gasteiger partial charge on any atom is 0.254 e. The van der Waals surface area contributed by atoms with Gasteiger partial charge in [-0.2, -0.15) is 0 Å². The number of thiophene rings is 2. The summed E-state index contributed by atoms with van der Waals surface area (Å²) in [4.78, 5) is 17.4. The number of carbonyl (C=O) groups is 1. The number of amides is 1. The summed E-state index contributed by atoms with van der Waals surface area (Å²) in [5.41, 5.74) is 1.16. The highest BCUT2D eigenvalue weighted by atomic mass is 32.2. The minimum absolute atomic E-state index is 0.107. The molecule has 1 amide bonds. The summed E-state index contributed by atoms with van der Waals surface area (Å²) in [5, 5.41) is 3.97. The number of rotatable bonds is 8. The number of hydrogen-bond donors (Lipinski definition) is 1. The van der Waals surface area contributed by atoms with Gasteiger partial charge in [-0.3, -0.25) is 4.79 Å². The first-order valence-corrected chi connectivity index (χ1v) is 12.1. The monoisotopic (exact) mass is 434 g/mol. The van der Waals surface area contributed by atoms with Crippen molar-refractivity contribution in [3.8, 4) is 0 Å². The normalized spacial score (nSPS) is 11.5. The van der Waals surface area contributed by atoms with Crippen molar-refractivity contribution in [3.05, 3.63) is 74.1 Å². The van der Waals surface area contributed by atoms with E-state index in [1.54, 1.807) is 40.6 Å². The van der Waals surface area contributed by atoms with Crippen LogP contribution in [0.1, 0.15) is 32.6 Å². The molecule has 148 valence electrons. The molecule has 0 aliphatic carbocycles. The van der Waals surface area contributed by atoms with Crippen LogP contribution in [-0.4, -0.2) is 25.8 Å². The van der Waals surface area contributed by atoms with Gasteiger partial charge in [0.15, 0.2) is 0 Å². The third-order valence-electron chi connectivity index (χ3n) is 4.22. The van der Waals surface area contributed by atoms with Gasteiger partial charge >= 0.3 is 0 Å². The van der Waals surface area contributed by atoms with Crippen molar-refractivity contribution in [1.82, 2.24) is 9.62 Å². The number of sulfonamides is 1. The van der Waals surface area contributed by atoms with E-state index in [1.807, 2.05) is 41.9 Å². The highest BCUT2D eigenvalue weighted by molar-refractivity contribution is 7.89. The molecule has 0 saturated carbocycles. The highest BCUT2D eigenvalue weighted by Crippen LogP contribution is 2.22. The molecule has 0 bridgehead atoms. The molecular formula is C20H22N2O3S3. The van der Waals surface area contributed by atoms with Crippen LogP contribution in [-0.2, 0) is 23.1 Å². The van der Waals surface area contributed by atoms with Crippen LogP contribution in [0.4, 0.5) is 0 Å². The molecule has 28 heavy (non-hydrogen) atoms. The van der Waals surface area contributed by atoms with Gasteiger partial charge in [0, 0.05) is 21.9 Å². The number of nitrogens with one attached hydrogen (secondary N) is 1. The largest absolute Gasteiger partial charge is 0.328 e. The molecule has 1 aromatic carbocycles. The molecule has 0 atom stereocenters. The van der Waals surface area contributed by atoms with Crippen LogP contribution in [0, 0.1) is 6.92 Å². The van der Waals surface area contributed by atoms with Gasteiger partial charge in [-0.05, 0) is 47.5 Å². The SMILES string of the molecule is CCNS(=O)(=O)c1ccc(C)c(C(=O)N(Cc2cccs2)Cc2cccs2)c1. The van der Waals surface area contributed by atoms with Crippen molar-refractivity contribution in [2.45, 2.75) is 31.8 Å². The molecular weight excluding hydrogens is 412 g/mol. The number of nitrogens with zero attached hydrogens (tertiary/aromatic N) is 1. The van der Waals surface area contributed by atoms with Gasteiger partial charge in [-0.15, -0.1) is 22.7 Å². The second-order valence-electron chi connectivity index (χ2n) is 6.30. The van der Waals surface area contributed by atoms with Crippen LogP contribution < -0.4 is 4.72 Å². The van der Waals surface area contributed by atoms with E-state index >= 15 is 0 Å². The standard InChI is InChI=1S/C20H22N2O3S3/c1-3-21-28(24,25)18-9-8-15(2)19(12-18)20(23)22(13-16-6-4-10-26-16)14-17-7-5-11-27-17/h4-12,21H,3,13-14H2,1-2H3. The number of aryl methyl sites for hydroxylation is 1. The first kappa shape index (κ1) is 20.7. The van der Waals surface area contributed by atoms with Crippen LogP contribution in [0.15, 0.2) is 58.1 Å². The number of carbonyl (C=O) groups excluding carboxylic acids is 1. The van der Waals surface area contributed by atoms with Crippen molar-refractivity contribution >= 4 is 38.6 Å². The van der Waals surface area contributed by atoms with Crippen LogP contribution in [0.2, 0.25) is 0 Å². The van der Waals surface area contributed by atoms with E-state index in [2.05, 4.69) is 4.72 Å². The van der Waals surface area contributed by atoms with E-state index in [0.717, 1.165) is 15.3 Å². The Labute approximate surface area is 173 Å². The predicted octanol–water partition coefficient (Wildman–Crippen LogP) is 4.26. The summed E-state index contributed by atoms with van der Waals surface area (Å²) in [7, 11) is -3.63. The predicted molar refractivity (Wildman–Crippen MR) is 114 cm³/mol. The Morgan fingerprint density at radius 1 is 1.04 bits per heavy atom. The third-order valence-corrected chi connectivity index (χ3v) is 7.49. The molecule has 2 heterocycles. The second-order valence-corrected chi connectivity index (χ2v) is 10.1. The minimum atomic E-state index is -3.63. The van der Waals surface area contributed by atoms with Crippen LogP contribution >= 0.6 is 22.7 Å². The highest BCUT2D eigenvalue weighted by Gasteiger charge is 2.22. The molecule has 3 rings (SSSR count). The lowest BCUT2D eigenvalue weighted by molar-refractivity contribution is 0.0732. The maximum absolute atomic E-state index is 13.4. The van der Waals surface area contributed by atoms with Gasteiger partial charge in [-0.25, -0.2) is 13.1 Å². The molecule has 2 aromatic heterocycles. The first-order chi connectivity index (χ1) is 13.4. The van der Waals surface area contributed by atoms with Gasteiger partial charge in [0.25, 0.3) is 5.91 Å². The summed E-state index contributed by atoms with van der Waals surface area (Å²) >= 11 is 3.20. The van der Waals surface area contributed by atoms with E-state index in [1.165, 1.54) is 12.1 Å². The van der Waals surface area contributed by atoms with Gasteiger partial charge in [0.1, 0.15) is 0 Å². The summed E-state index contributed by atoms with van der Waals surface area (Å²) in [6, 6.07) is 12.6. The zero-order chi connectivity index (χ0) is 20.1. The Bertz CT molecular complexity index is 991. The smallest absolute Gasteiger partial charge is 0.254 e. The van der Waals surface area contributed by atoms with E-state index in [-0.39, 0.29) is 10.8 Å². The Balaban J connectivity index is 1.95. The molecule has 3 aromatic rings. The van der Waals surface area contributed by atoms with Crippen LogP contribution in [0.5, 0.6) is 0 Å². The maximum atomic E-state index is 13.4. The van der Waals surface area contributed by atoms with Gasteiger partial charge < -0.3 is 4.90 Å². The number of benzene rings is 1. The van der Waals surface area contributed by atoms with Crippen LogP contribution in [0.25, 0.3) is 0 Å². The third kappa shape index (κ3) is 4.88. The minimum Gasteiger partial charge on any atom is -0.328 e. The van der Waals surface area contributed by atoms with Crippen molar-refractivity contribution in [1.29, 1.82) is 0 Å². The zero-order valence-corrected chi connectivity index (χ0v) is 18.2. The quantitative estimate of drug-likeness (QED) is 0.576. The molecule has 0 aliphatic rings. The van der Waals surface area contributed by atoms with E-state index in [4.69, 9.17) is 0 Å². The summed E-state index contributed by atoms with van der Waals surface area (Å²) < 4.78 is 27.2. The lowest BCUT2D eigenvalue weighted by Crippen LogP contribution is -2.30. The van der Waals surface area contributed by atoms with Gasteiger partial charge in [-0.1, -0.05) is 25.1 Å². The second kappa shape index (κ2) is 9.00. The molecule has 0 unspecified atom stereocenters. The average molecular weight is 435 g/mol. The van der Waals surface area contributed by atoms with E-state index < -0.39 is 10.0 Å². The molecule has 0 fully saturated rings. The van der Waals surface area contributed by atoms with Crippen molar-refractivity contribution in [3.63, 3.8) is 0 Å². The van der Waals surface area contributed by atoms with Crippen molar-refractivity contribution in [2.75, 3.05) is 6.54 Å². The van der Waals surface area contributed by atoms with Crippen molar-refractivity contribution < 1.29 is 13.2 Å². The van der Waals surface area contributed by atoms with Crippen LogP contribution in [0.3, 0.4) is 0 Å². The fourth-order valence-corrected chi connectivity index (χ4v) is 5.33. The Morgan fingerprint density at radius 3 is 2.14 bits per heavy atom. The van der Waals surface area contributed by atoms with Crippen molar-refractivity contribution in [2.24, 2.45) is 0 Å². The molecule has 1 N–H and O–H groups in total. The molecule has 0 saturated heterocycles. The summed E-state index contributed by atoms with van der Waals surface area (Å²) in [6.07, 6.45) is 0. The zero-order valence-electron chi connectivity index (χ0n) is 15.7. The number of hydrogen-bond acceptors (Lipinski definition) is 5. The Hall–Kier alpha value is -2.00. The summed E-state index contributed by atoms with van der Waals surface area (Å²) in [5.74, 6) is -0.173. The molecule has 0 aliphatic heterocycles. The fraction of sp³-hybridized carbons (Fsp3) is 0.250. The Kier molecular flexibility index (Phi) is 6.66. The van der Waals surface area contributed by atoms with Gasteiger partial charge in [0.05, 0.1) is 18.0 Å². The molecule has 0 radical (unpaired) electrons. The molecule has 5 nitrogen and oxygen atoms in total. The van der Waals surface area contributed by atoms with Gasteiger partial charge in [0.2, 0.25) is 10.0 Å². The lowest BCUT2D eigenvalue weighted by Gasteiger charge is -2.23. The summed E-state index contributed by atoms with van der Waals surface area (Å²) in [6.45, 7) is 4.81. The fourth-order valence-electron chi connectivity index (χ4n) is 2.82. The Morgan fingerprint density at radius 2 is 1.64 bits per heavy atom. The molecule has 0 spiro atoms. The van der Waals surface area contributed by atoms with E-state index in [9.17, 15) is 13.2 Å². The lowest BCUT2D eigenvalue weighted by atomic mass is 10.1.